The Morgan fingerprint density at radius 3 is 2.50 bits per heavy atom. The second kappa shape index (κ2) is 7.37. The van der Waals surface area contributed by atoms with Crippen molar-refractivity contribution in [2.24, 2.45) is 0 Å². The van der Waals surface area contributed by atoms with Gasteiger partial charge in [-0.15, -0.1) is 0 Å². The third-order valence-electron chi connectivity index (χ3n) is 3.62. The highest BCUT2D eigenvalue weighted by Gasteiger charge is 2.48. The number of pyridine rings is 1. The Morgan fingerprint density at radius 2 is 1.96 bits per heavy atom. The fraction of sp³-hybridized carbons (Fsp3) is 0.571. The van der Waals surface area contributed by atoms with Crippen molar-refractivity contribution >= 4 is 16.0 Å². The number of rotatable bonds is 6. The number of nitrogens with one attached hydrogen (secondary N) is 1. The van der Waals surface area contributed by atoms with Crippen LogP contribution in [0.3, 0.4) is 0 Å². The van der Waals surface area contributed by atoms with Crippen LogP contribution in [-0.2, 0) is 21.3 Å². The molecule has 0 bridgehead atoms. The highest BCUT2D eigenvalue weighted by atomic mass is 32.2. The summed E-state index contributed by atoms with van der Waals surface area (Å²) in [6.45, 7) is 0. The summed E-state index contributed by atoms with van der Waals surface area (Å²) in [6.07, 6.45) is 5.54. The Balaban J connectivity index is 1.84. The maximum Gasteiger partial charge on any atom is 0.534 e. The van der Waals surface area contributed by atoms with Gasteiger partial charge in [0.1, 0.15) is 0 Å². The number of carbonyl (C=O) groups is 1. The van der Waals surface area contributed by atoms with Crippen LogP contribution in [0.2, 0.25) is 0 Å². The Hall–Kier alpha value is -1.84. The fourth-order valence-electron chi connectivity index (χ4n) is 2.39. The fourth-order valence-corrected chi connectivity index (χ4v) is 2.84. The molecule has 2 rings (SSSR count). The first-order chi connectivity index (χ1) is 11.2. The summed E-state index contributed by atoms with van der Waals surface area (Å²) in [5, 5.41) is 2.91. The minimum absolute atomic E-state index is 0.108. The topological polar surface area (TPSA) is 85.4 Å². The highest BCUT2D eigenvalue weighted by molar-refractivity contribution is 7.87. The zero-order valence-corrected chi connectivity index (χ0v) is 13.5. The Bertz CT molecular complexity index is 668. The molecule has 1 amide bonds. The van der Waals surface area contributed by atoms with Crippen LogP contribution < -0.4 is 9.50 Å². The molecule has 1 saturated carbocycles. The van der Waals surface area contributed by atoms with Gasteiger partial charge in [-0.3, -0.25) is 9.78 Å². The second-order valence-corrected chi connectivity index (χ2v) is 7.06. The van der Waals surface area contributed by atoms with Gasteiger partial charge in [0.2, 0.25) is 5.91 Å². The number of aryl methyl sites for hydroxylation is 1. The van der Waals surface area contributed by atoms with Crippen molar-refractivity contribution in [1.82, 2.24) is 10.3 Å². The molecule has 0 spiro atoms. The van der Waals surface area contributed by atoms with E-state index in [9.17, 15) is 26.4 Å². The Morgan fingerprint density at radius 1 is 1.29 bits per heavy atom. The molecule has 6 nitrogen and oxygen atoms in total. The van der Waals surface area contributed by atoms with Crippen LogP contribution in [0.4, 0.5) is 13.2 Å². The van der Waals surface area contributed by atoms with E-state index in [1.165, 1.54) is 6.07 Å². The molecule has 1 aromatic rings. The van der Waals surface area contributed by atoms with Gasteiger partial charge in [0.25, 0.3) is 0 Å². The molecule has 1 aromatic heterocycles. The van der Waals surface area contributed by atoms with Gasteiger partial charge >= 0.3 is 15.6 Å². The molecule has 0 unspecified atom stereocenters. The van der Waals surface area contributed by atoms with Gasteiger partial charge in [-0.25, -0.2) is 0 Å². The first-order valence-electron chi connectivity index (χ1n) is 7.42. The maximum atomic E-state index is 12.2. The molecule has 0 saturated heterocycles. The van der Waals surface area contributed by atoms with Crippen LogP contribution in [0.5, 0.6) is 5.75 Å². The number of aromatic nitrogens is 1. The Kier molecular flexibility index (Phi) is 5.68. The zero-order valence-electron chi connectivity index (χ0n) is 12.7. The zero-order chi connectivity index (χ0) is 17.8. The van der Waals surface area contributed by atoms with Gasteiger partial charge in [-0.2, -0.15) is 21.6 Å². The van der Waals surface area contributed by atoms with Gasteiger partial charge in [-0.05, 0) is 31.4 Å². The van der Waals surface area contributed by atoms with E-state index >= 15 is 0 Å². The molecule has 1 aliphatic carbocycles. The Labute approximate surface area is 137 Å². The van der Waals surface area contributed by atoms with E-state index in [1.54, 1.807) is 0 Å². The number of carbonyl (C=O) groups excluding carboxylic acids is 1. The van der Waals surface area contributed by atoms with Crippen LogP contribution in [0, 0.1) is 0 Å². The maximum absolute atomic E-state index is 12.2. The van der Waals surface area contributed by atoms with Gasteiger partial charge in [-0.1, -0.05) is 12.8 Å². The lowest BCUT2D eigenvalue weighted by molar-refractivity contribution is -0.121. The number of hydrogen-bond donors (Lipinski definition) is 1. The van der Waals surface area contributed by atoms with E-state index in [0.717, 1.165) is 37.9 Å². The average Bonchev–Trinajstić information content (AvgIpc) is 2.98. The van der Waals surface area contributed by atoms with Crippen LogP contribution in [0.25, 0.3) is 0 Å². The predicted molar refractivity (Wildman–Crippen MR) is 78.6 cm³/mol. The normalized spacial score (nSPS) is 16.1. The largest absolute Gasteiger partial charge is 0.534 e. The molecular formula is C14H17F3N2O4S. The minimum atomic E-state index is -5.71. The summed E-state index contributed by atoms with van der Waals surface area (Å²) < 4.78 is 62.2. The van der Waals surface area contributed by atoms with Crippen molar-refractivity contribution in [2.45, 2.75) is 50.1 Å². The van der Waals surface area contributed by atoms with Crippen molar-refractivity contribution in [3.63, 3.8) is 0 Å². The molecule has 0 aromatic carbocycles. The molecule has 24 heavy (non-hydrogen) atoms. The van der Waals surface area contributed by atoms with Crippen molar-refractivity contribution < 1.29 is 30.6 Å². The third-order valence-corrected chi connectivity index (χ3v) is 4.59. The smallest absolute Gasteiger partial charge is 0.374 e. The first-order valence-corrected chi connectivity index (χ1v) is 8.83. The number of alkyl halides is 3. The van der Waals surface area contributed by atoms with E-state index < -0.39 is 21.4 Å². The summed E-state index contributed by atoms with van der Waals surface area (Å²) >= 11 is 0. The molecule has 10 heteroatoms. The van der Waals surface area contributed by atoms with Gasteiger partial charge in [0.05, 0.1) is 6.20 Å². The van der Waals surface area contributed by atoms with Crippen molar-refractivity contribution in [2.75, 3.05) is 0 Å². The van der Waals surface area contributed by atoms with E-state index in [0.29, 0.717) is 12.1 Å². The van der Waals surface area contributed by atoms with Crippen LogP contribution in [0.15, 0.2) is 18.3 Å². The van der Waals surface area contributed by atoms with Gasteiger partial charge in [0.15, 0.2) is 5.75 Å². The molecule has 0 radical (unpaired) electrons. The summed E-state index contributed by atoms with van der Waals surface area (Å²) in [4.78, 5) is 15.6. The van der Waals surface area contributed by atoms with Crippen LogP contribution in [0.1, 0.15) is 37.8 Å². The molecule has 0 atom stereocenters. The lowest BCUT2D eigenvalue weighted by Gasteiger charge is -2.11. The van der Waals surface area contributed by atoms with Crippen molar-refractivity contribution in [1.29, 1.82) is 0 Å². The van der Waals surface area contributed by atoms with E-state index in [4.69, 9.17) is 0 Å². The number of halogens is 3. The number of hydrogen-bond acceptors (Lipinski definition) is 5. The minimum Gasteiger partial charge on any atom is -0.374 e. The molecule has 1 N–H and O–H groups in total. The van der Waals surface area contributed by atoms with E-state index in [1.807, 2.05) is 0 Å². The number of amides is 1. The molecule has 1 aliphatic rings. The monoisotopic (exact) mass is 366 g/mol. The van der Waals surface area contributed by atoms with Crippen LogP contribution in [-0.4, -0.2) is 30.9 Å². The standard InChI is InChI=1S/C14H17F3N2O4S/c15-14(16,17)24(21,22)23-12-7-5-10(18-9-12)6-8-13(20)19-11-3-1-2-4-11/h5,7,9,11H,1-4,6,8H2,(H,19,20). The van der Waals surface area contributed by atoms with Gasteiger partial charge < -0.3 is 9.50 Å². The van der Waals surface area contributed by atoms with Crippen molar-refractivity contribution in [3.05, 3.63) is 24.0 Å². The molecular weight excluding hydrogens is 349 g/mol. The predicted octanol–water partition coefficient (Wildman–Crippen LogP) is 2.30. The molecule has 134 valence electrons. The lowest BCUT2D eigenvalue weighted by atomic mass is 10.2. The lowest BCUT2D eigenvalue weighted by Crippen LogP contribution is -2.32. The molecule has 1 fully saturated rings. The average molecular weight is 366 g/mol. The van der Waals surface area contributed by atoms with Crippen molar-refractivity contribution in [3.8, 4) is 5.75 Å². The first kappa shape index (κ1) is 18.5. The molecule has 1 heterocycles. The summed E-state index contributed by atoms with van der Waals surface area (Å²) in [7, 11) is -5.71. The SMILES string of the molecule is O=C(CCc1ccc(OS(=O)(=O)C(F)(F)F)cn1)NC1CCCC1. The highest BCUT2D eigenvalue weighted by Crippen LogP contribution is 2.26. The number of nitrogens with zero attached hydrogens (tertiary/aromatic N) is 1. The third kappa shape index (κ3) is 5.08. The summed E-state index contributed by atoms with van der Waals surface area (Å²) in [5.74, 6) is -0.643. The van der Waals surface area contributed by atoms with Gasteiger partial charge in [0, 0.05) is 18.2 Å². The molecule has 0 aliphatic heterocycles. The summed E-state index contributed by atoms with van der Waals surface area (Å²) in [6, 6.07) is 2.61. The summed E-state index contributed by atoms with van der Waals surface area (Å²) in [5.41, 5.74) is -5.04. The van der Waals surface area contributed by atoms with E-state index in [-0.39, 0.29) is 18.4 Å². The van der Waals surface area contributed by atoms with Crippen LogP contribution >= 0.6 is 0 Å². The second-order valence-electron chi connectivity index (χ2n) is 5.52. The quantitative estimate of drug-likeness (QED) is 0.617. The van der Waals surface area contributed by atoms with E-state index in [2.05, 4.69) is 14.5 Å².